The summed E-state index contributed by atoms with van der Waals surface area (Å²) in [4.78, 5) is 13.9. The smallest absolute Gasteiger partial charge is 0.253 e. The number of aliphatic hydroxyl groups excluding tert-OH is 1. The Kier molecular flexibility index (Phi) is 4.36. The first-order chi connectivity index (χ1) is 8.20. The fourth-order valence-corrected chi connectivity index (χ4v) is 2.66. The number of rotatable bonds is 2. The first kappa shape index (κ1) is 12.8. The highest BCUT2D eigenvalue weighted by molar-refractivity contribution is 5.81. The number of likely N-dealkylation sites (N-methyl/N-ethyl adjacent to an activating group) is 1. The highest BCUT2D eigenvalue weighted by Crippen LogP contribution is 2.23. The van der Waals surface area contributed by atoms with Gasteiger partial charge in [0.1, 0.15) is 6.10 Å². The Bertz CT molecular complexity index is 266. The van der Waals surface area contributed by atoms with Gasteiger partial charge in [0, 0.05) is 20.1 Å². The fraction of sp³-hybridized carbons (Fsp3) is 0.917. The molecule has 1 aliphatic heterocycles. The third kappa shape index (κ3) is 2.97. The lowest BCUT2D eigenvalue weighted by Gasteiger charge is -2.37. The predicted molar refractivity (Wildman–Crippen MR) is 63.6 cm³/mol. The normalized spacial score (nSPS) is 34.4. The van der Waals surface area contributed by atoms with Gasteiger partial charge < -0.3 is 20.1 Å². The minimum absolute atomic E-state index is 0.0110. The van der Waals surface area contributed by atoms with Gasteiger partial charge in [0.15, 0.2) is 0 Å². The molecule has 3 unspecified atom stereocenters. The average molecular weight is 242 g/mol. The molecule has 1 amide bonds. The lowest BCUT2D eigenvalue weighted by molar-refractivity contribution is -0.149. The van der Waals surface area contributed by atoms with E-state index in [1.165, 1.54) is 0 Å². The lowest BCUT2D eigenvalue weighted by Crippen LogP contribution is -2.54. The van der Waals surface area contributed by atoms with Crippen molar-refractivity contribution in [3.8, 4) is 0 Å². The number of nitrogens with one attached hydrogen (secondary N) is 1. The van der Waals surface area contributed by atoms with Gasteiger partial charge in [-0.15, -0.1) is 0 Å². The van der Waals surface area contributed by atoms with Gasteiger partial charge in [-0.2, -0.15) is 0 Å². The van der Waals surface area contributed by atoms with Gasteiger partial charge in [-0.3, -0.25) is 4.79 Å². The lowest BCUT2D eigenvalue weighted by atomic mass is 9.91. The van der Waals surface area contributed by atoms with E-state index in [1.54, 1.807) is 11.9 Å². The summed E-state index contributed by atoms with van der Waals surface area (Å²) >= 11 is 0. The molecule has 2 fully saturated rings. The van der Waals surface area contributed by atoms with Gasteiger partial charge in [-0.25, -0.2) is 0 Å². The van der Waals surface area contributed by atoms with Crippen LogP contribution in [0.15, 0.2) is 0 Å². The van der Waals surface area contributed by atoms with E-state index < -0.39 is 0 Å². The van der Waals surface area contributed by atoms with Crippen molar-refractivity contribution in [3.05, 3.63) is 0 Å². The van der Waals surface area contributed by atoms with Crippen LogP contribution in [0.5, 0.6) is 0 Å². The molecular weight excluding hydrogens is 220 g/mol. The molecule has 2 rings (SSSR count). The van der Waals surface area contributed by atoms with E-state index >= 15 is 0 Å². The molecule has 3 atom stereocenters. The van der Waals surface area contributed by atoms with Crippen LogP contribution < -0.4 is 5.32 Å². The van der Waals surface area contributed by atoms with Crippen LogP contribution in [0.3, 0.4) is 0 Å². The van der Waals surface area contributed by atoms with Crippen LogP contribution >= 0.6 is 0 Å². The summed E-state index contributed by atoms with van der Waals surface area (Å²) in [5.41, 5.74) is 0. The number of hydrogen-bond donors (Lipinski definition) is 2. The maximum Gasteiger partial charge on any atom is 0.253 e. The SMILES string of the molecule is CN(C(=O)C1CNCCO1)C1CCCCC1O. The molecule has 5 heteroatoms. The Morgan fingerprint density at radius 3 is 2.82 bits per heavy atom. The molecule has 2 aliphatic rings. The number of nitrogens with zero attached hydrogens (tertiary/aromatic N) is 1. The molecule has 17 heavy (non-hydrogen) atoms. The van der Waals surface area contributed by atoms with E-state index in [1.807, 2.05) is 0 Å². The van der Waals surface area contributed by atoms with Crippen LogP contribution in [0.4, 0.5) is 0 Å². The molecule has 1 aliphatic carbocycles. The predicted octanol–water partition coefficient (Wildman–Crippen LogP) is -0.263. The average Bonchev–Trinajstić information content (AvgIpc) is 2.39. The van der Waals surface area contributed by atoms with Gasteiger partial charge in [-0.05, 0) is 12.8 Å². The fourth-order valence-electron chi connectivity index (χ4n) is 2.66. The topological polar surface area (TPSA) is 61.8 Å². The van der Waals surface area contributed by atoms with Crippen LogP contribution in [-0.2, 0) is 9.53 Å². The summed E-state index contributed by atoms with van der Waals surface area (Å²) in [6, 6.07) is -0.0400. The molecule has 1 saturated carbocycles. The highest BCUT2D eigenvalue weighted by atomic mass is 16.5. The standard InChI is InChI=1S/C12H22N2O3/c1-14(9-4-2-3-5-10(9)15)12(16)11-8-13-6-7-17-11/h9-11,13,15H,2-8H2,1H3. The summed E-state index contributed by atoms with van der Waals surface area (Å²) in [6.45, 7) is 1.96. The summed E-state index contributed by atoms with van der Waals surface area (Å²) < 4.78 is 5.45. The number of carbonyl (C=O) groups excluding carboxylic acids is 1. The number of aliphatic hydroxyl groups is 1. The zero-order valence-corrected chi connectivity index (χ0v) is 10.4. The number of morpholine rings is 1. The van der Waals surface area contributed by atoms with E-state index in [-0.39, 0.29) is 24.2 Å². The first-order valence-corrected chi connectivity index (χ1v) is 6.47. The second-order valence-corrected chi connectivity index (χ2v) is 4.93. The van der Waals surface area contributed by atoms with Crippen molar-refractivity contribution in [1.82, 2.24) is 10.2 Å². The number of amides is 1. The Labute approximate surface area is 102 Å². The van der Waals surface area contributed by atoms with E-state index in [0.717, 1.165) is 32.2 Å². The van der Waals surface area contributed by atoms with Gasteiger partial charge in [0.25, 0.3) is 5.91 Å². The third-order valence-electron chi connectivity index (χ3n) is 3.74. The van der Waals surface area contributed by atoms with Gasteiger partial charge >= 0.3 is 0 Å². The van der Waals surface area contributed by atoms with Crippen molar-refractivity contribution in [1.29, 1.82) is 0 Å². The van der Waals surface area contributed by atoms with E-state index in [4.69, 9.17) is 4.74 Å². The molecule has 0 aromatic carbocycles. The van der Waals surface area contributed by atoms with Gasteiger partial charge in [-0.1, -0.05) is 12.8 Å². The molecule has 5 nitrogen and oxygen atoms in total. The van der Waals surface area contributed by atoms with Crippen LogP contribution in [0.2, 0.25) is 0 Å². The second kappa shape index (κ2) is 5.80. The maximum absolute atomic E-state index is 12.2. The summed E-state index contributed by atoms with van der Waals surface area (Å²) in [5.74, 6) is -0.0110. The van der Waals surface area contributed by atoms with Crippen LogP contribution in [0.25, 0.3) is 0 Å². The van der Waals surface area contributed by atoms with E-state index in [2.05, 4.69) is 5.32 Å². The Balaban J connectivity index is 1.92. The molecule has 2 N–H and O–H groups in total. The zero-order valence-electron chi connectivity index (χ0n) is 10.4. The molecule has 0 bridgehead atoms. The second-order valence-electron chi connectivity index (χ2n) is 4.93. The summed E-state index contributed by atoms with van der Waals surface area (Å²) in [6.07, 6.45) is 3.07. The Morgan fingerprint density at radius 2 is 2.18 bits per heavy atom. The van der Waals surface area contributed by atoms with Crippen molar-refractivity contribution >= 4 is 5.91 Å². The highest BCUT2D eigenvalue weighted by Gasteiger charge is 2.33. The van der Waals surface area contributed by atoms with Crippen LogP contribution in [0.1, 0.15) is 25.7 Å². The Morgan fingerprint density at radius 1 is 1.41 bits per heavy atom. The van der Waals surface area contributed by atoms with Crippen molar-refractivity contribution in [2.75, 3.05) is 26.7 Å². The number of ether oxygens (including phenoxy) is 1. The molecule has 0 spiro atoms. The summed E-state index contributed by atoms with van der Waals surface area (Å²) in [7, 11) is 1.78. The molecule has 1 heterocycles. The molecule has 98 valence electrons. The van der Waals surface area contributed by atoms with Crippen molar-refractivity contribution < 1.29 is 14.6 Å². The molecule has 1 saturated heterocycles. The quantitative estimate of drug-likeness (QED) is 0.700. The van der Waals surface area contributed by atoms with E-state index in [9.17, 15) is 9.90 Å². The van der Waals surface area contributed by atoms with Crippen molar-refractivity contribution in [2.24, 2.45) is 0 Å². The number of carbonyl (C=O) groups is 1. The Hall–Kier alpha value is -0.650. The number of hydrogen-bond acceptors (Lipinski definition) is 4. The largest absolute Gasteiger partial charge is 0.391 e. The first-order valence-electron chi connectivity index (χ1n) is 6.47. The molecule has 0 aromatic rings. The van der Waals surface area contributed by atoms with Gasteiger partial charge in [0.05, 0.1) is 18.8 Å². The zero-order chi connectivity index (χ0) is 12.3. The minimum atomic E-state index is -0.386. The molecule has 0 radical (unpaired) electrons. The molecule has 0 aromatic heterocycles. The van der Waals surface area contributed by atoms with E-state index in [0.29, 0.717) is 13.2 Å². The minimum Gasteiger partial charge on any atom is -0.391 e. The van der Waals surface area contributed by atoms with Gasteiger partial charge in [0.2, 0.25) is 0 Å². The van der Waals surface area contributed by atoms with Crippen molar-refractivity contribution in [2.45, 2.75) is 43.9 Å². The van der Waals surface area contributed by atoms with Crippen LogP contribution in [-0.4, -0.2) is 60.9 Å². The third-order valence-corrected chi connectivity index (χ3v) is 3.74. The monoisotopic (exact) mass is 242 g/mol. The van der Waals surface area contributed by atoms with Crippen LogP contribution in [0, 0.1) is 0 Å². The van der Waals surface area contributed by atoms with Crippen molar-refractivity contribution in [3.63, 3.8) is 0 Å². The molecular formula is C12H22N2O3. The maximum atomic E-state index is 12.2. The summed E-state index contributed by atoms with van der Waals surface area (Å²) in [5, 5.41) is 13.1.